The number of hydrogen-bond donors (Lipinski definition) is 1. The van der Waals surface area contributed by atoms with Gasteiger partial charge in [-0.25, -0.2) is 9.69 Å². The molecule has 1 saturated heterocycles. The molecule has 1 aliphatic heterocycles. The number of amides is 3. The first-order valence-electron chi connectivity index (χ1n) is 10.2. The van der Waals surface area contributed by atoms with Crippen LogP contribution in [0.5, 0.6) is 0 Å². The molecule has 1 atom stereocenters. The second-order valence-corrected chi connectivity index (χ2v) is 7.76. The third-order valence-electron chi connectivity index (χ3n) is 5.33. The Morgan fingerprint density at radius 1 is 1.12 bits per heavy atom. The minimum absolute atomic E-state index is 0.0961. The summed E-state index contributed by atoms with van der Waals surface area (Å²) in [6.45, 7) is 2.10. The SMILES string of the molecule is CCc1ccc(N2C(=O)C[C@@H](N(CCc3ccccc3Cl)C(=O)/C=C/C(=O)O)C2=O)cc1. The van der Waals surface area contributed by atoms with Gasteiger partial charge in [0.05, 0.1) is 12.1 Å². The molecule has 1 aliphatic rings. The molecule has 0 spiro atoms. The molecule has 7 nitrogen and oxygen atoms in total. The second-order valence-electron chi connectivity index (χ2n) is 7.35. The third-order valence-corrected chi connectivity index (χ3v) is 5.70. The molecule has 2 aromatic rings. The van der Waals surface area contributed by atoms with Crippen LogP contribution in [0.15, 0.2) is 60.7 Å². The Labute approximate surface area is 190 Å². The van der Waals surface area contributed by atoms with Crippen LogP contribution < -0.4 is 4.90 Å². The number of carboxylic acids is 1. The average molecular weight is 455 g/mol. The van der Waals surface area contributed by atoms with Crippen LogP contribution in [0.3, 0.4) is 0 Å². The van der Waals surface area contributed by atoms with Gasteiger partial charge in [-0.3, -0.25) is 14.4 Å². The zero-order valence-electron chi connectivity index (χ0n) is 17.5. The Morgan fingerprint density at radius 2 is 1.81 bits per heavy atom. The van der Waals surface area contributed by atoms with Crippen LogP contribution in [0.4, 0.5) is 5.69 Å². The highest BCUT2D eigenvalue weighted by Crippen LogP contribution is 2.27. The number of imide groups is 1. The lowest BCUT2D eigenvalue weighted by Crippen LogP contribution is -2.46. The Balaban J connectivity index is 1.86. The van der Waals surface area contributed by atoms with Gasteiger partial charge in [0.1, 0.15) is 6.04 Å². The molecular formula is C24H23ClN2O5. The average Bonchev–Trinajstić information content (AvgIpc) is 3.07. The van der Waals surface area contributed by atoms with Gasteiger partial charge in [-0.1, -0.05) is 48.9 Å². The van der Waals surface area contributed by atoms with E-state index in [0.29, 0.717) is 23.2 Å². The molecule has 0 bridgehead atoms. The number of carbonyl (C=O) groups is 4. The third kappa shape index (κ3) is 5.23. The fourth-order valence-corrected chi connectivity index (χ4v) is 3.84. The van der Waals surface area contributed by atoms with Crippen LogP contribution in [0.25, 0.3) is 0 Å². The number of carbonyl (C=O) groups excluding carboxylic acids is 3. The van der Waals surface area contributed by atoms with Gasteiger partial charge in [0.15, 0.2) is 0 Å². The zero-order valence-corrected chi connectivity index (χ0v) is 18.3. The molecule has 0 radical (unpaired) electrons. The molecule has 0 saturated carbocycles. The van der Waals surface area contributed by atoms with Crippen molar-refractivity contribution in [2.45, 2.75) is 32.2 Å². The van der Waals surface area contributed by atoms with Crippen LogP contribution in [0.2, 0.25) is 5.02 Å². The highest BCUT2D eigenvalue weighted by Gasteiger charge is 2.43. The van der Waals surface area contributed by atoms with Gasteiger partial charge < -0.3 is 10.0 Å². The van der Waals surface area contributed by atoms with E-state index in [-0.39, 0.29) is 13.0 Å². The van der Waals surface area contributed by atoms with Crippen LogP contribution >= 0.6 is 11.6 Å². The summed E-state index contributed by atoms with van der Waals surface area (Å²) in [6.07, 6.45) is 2.60. The number of anilines is 1. The number of benzene rings is 2. The summed E-state index contributed by atoms with van der Waals surface area (Å²) in [5.74, 6) is -2.87. The highest BCUT2D eigenvalue weighted by atomic mass is 35.5. The maximum Gasteiger partial charge on any atom is 0.328 e. The van der Waals surface area contributed by atoms with Crippen molar-refractivity contribution < 1.29 is 24.3 Å². The summed E-state index contributed by atoms with van der Waals surface area (Å²) >= 11 is 6.20. The van der Waals surface area contributed by atoms with Gasteiger partial charge in [-0.2, -0.15) is 0 Å². The van der Waals surface area contributed by atoms with E-state index in [1.165, 1.54) is 4.90 Å². The minimum Gasteiger partial charge on any atom is -0.478 e. The van der Waals surface area contributed by atoms with Gasteiger partial charge in [0.25, 0.3) is 5.91 Å². The molecule has 166 valence electrons. The molecule has 1 fully saturated rings. The quantitative estimate of drug-likeness (QED) is 0.488. The van der Waals surface area contributed by atoms with Crippen molar-refractivity contribution in [3.05, 3.63) is 76.8 Å². The van der Waals surface area contributed by atoms with Gasteiger partial charge in [-0.05, 0) is 42.2 Å². The predicted molar refractivity (Wildman–Crippen MR) is 120 cm³/mol. The number of aliphatic carboxylic acids is 1. The normalized spacial score (nSPS) is 16.1. The molecule has 0 aliphatic carbocycles. The van der Waals surface area contributed by atoms with Crippen molar-refractivity contribution >= 4 is 41.0 Å². The Bertz CT molecular complexity index is 1060. The van der Waals surface area contributed by atoms with E-state index in [4.69, 9.17) is 16.7 Å². The molecular weight excluding hydrogens is 432 g/mol. The standard InChI is InChI=1S/C24H23ClN2O5/c1-2-16-7-9-18(10-8-16)27-22(29)15-20(24(27)32)26(21(28)11-12-23(30)31)14-13-17-5-3-4-6-19(17)25/h3-12,20H,2,13-15H2,1H3,(H,30,31)/b12-11+/t20-/m1/s1. The molecule has 0 unspecified atom stereocenters. The number of carboxylic acid groups (broad SMARTS) is 1. The molecule has 3 rings (SSSR count). The first kappa shape index (κ1) is 23.2. The summed E-state index contributed by atoms with van der Waals surface area (Å²) in [6, 6.07) is 13.2. The van der Waals surface area contributed by atoms with Crippen molar-refractivity contribution in [1.82, 2.24) is 4.90 Å². The van der Waals surface area contributed by atoms with Crippen LogP contribution in [-0.4, -0.2) is 46.3 Å². The fraction of sp³-hybridized carbons (Fsp3) is 0.250. The first-order valence-corrected chi connectivity index (χ1v) is 10.6. The molecule has 32 heavy (non-hydrogen) atoms. The fourth-order valence-electron chi connectivity index (χ4n) is 3.61. The van der Waals surface area contributed by atoms with Gasteiger partial charge >= 0.3 is 5.97 Å². The Kier molecular flexibility index (Phi) is 7.43. The number of aryl methyl sites for hydroxylation is 1. The van der Waals surface area contributed by atoms with Crippen molar-refractivity contribution in [1.29, 1.82) is 0 Å². The highest BCUT2D eigenvalue weighted by molar-refractivity contribution is 6.31. The molecule has 2 aromatic carbocycles. The summed E-state index contributed by atoms with van der Waals surface area (Å²) in [4.78, 5) is 51.9. The van der Waals surface area contributed by atoms with Gasteiger partial charge in [0.2, 0.25) is 11.8 Å². The number of halogens is 1. The van der Waals surface area contributed by atoms with Crippen LogP contribution in [-0.2, 0) is 32.0 Å². The Morgan fingerprint density at radius 3 is 2.44 bits per heavy atom. The van der Waals surface area contributed by atoms with Crippen molar-refractivity contribution in [3.63, 3.8) is 0 Å². The van der Waals surface area contributed by atoms with Crippen LogP contribution in [0, 0.1) is 0 Å². The molecule has 8 heteroatoms. The lowest BCUT2D eigenvalue weighted by Gasteiger charge is -2.27. The molecule has 1 N–H and O–H groups in total. The van der Waals surface area contributed by atoms with E-state index >= 15 is 0 Å². The lowest BCUT2D eigenvalue weighted by molar-refractivity contribution is -0.135. The lowest BCUT2D eigenvalue weighted by atomic mass is 10.1. The minimum atomic E-state index is -1.28. The molecule has 1 heterocycles. The predicted octanol–water partition coefficient (Wildman–Crippen LogP) is 3.25. The maximum absolute atomic E-state index is 13.2. The van der Waals surface area contributed by atoms with Crippen molar-refractivity contribution in [3.8, 4) is 0 Å². The summed E-state index contributed by atoms with van der Waals surface area (Å²) in [5, 5.41) is 9.40. The number of nitrogens with zero attached hydrogens (tertiary/aromatic N) is 2. The monoisotopic (exact) mass is 454 g/mol. The van der Waals surface area contributed by atoms with Crippen molar-refractivity contribution in [2.24, 2.45) is 0 Å². The Hall–Kier alpha value is -3.45. The van der Waals surface area contributed by atoms with E-state index in [2.05, 4.69) is 0 Å². The molecule has 3 amide bonds. The summed E-state index contributed by atoms with van der Waals surface area (Å²) in [5.41, 5.74) is 2.29. The van der Waals surface area contributed by atoms with E-state index in [9.17, 15) is 19.2 Å². The van der Waals surface area contributed by atoms with Crippen molar-refractivity contribution in [2.75, 3.05) is 11.4 Å². The van der Waals surface area contributed by atoms with Gasteiger partial charge in [-0.15, -0.1) is 0 Å². The van der Waals surface area contributed by atoms with Gasteiger partial charge in [0, 0.05) is 23.7 Å². The first-order chi connectivity index (χ1) is 15.3. The van der Waals surface area contributed by atoms with E-state index in [1.54, 1.807) is 30.3 Å². The summed E-state index contributed by atoms with van der Waals surface area (Å²) in [7, 11) is 0. The zero-order chi connectivity index (χ0) is 23.3. The maximum atomic E-state index is 13.2. The largest absolute Gasteiger partial charge is 0.478 e. The summed E-state index contributed by atoms with van der Waals surface area (Å²) < 4.78 is 0. The van der Waals surface area contributed by atoms with E-state index in [0.717, 1.165) is 28.5 Å². The van der Waals surface area contributed by atoms with E-state index in [1.807, 2.05) is 25.1 Å². The number of hydrogen-bond acceptors (Lipinski definition) is 4. The molecule has 0 aromatic heterocycles. The van der Waals surface area contributed by atoms with Crippen LogP contribution in [0.1, 0.15) is 24.5 Å². The van der Waals surface area contributed by atoms with E-state index < -0.39 is 29.7 Å². The topological polar surface area (TPSA) is 95.0 Å². The number of rotatable bonds is 8. The second kappa shape index (κ2) is 10.2. The smallest absolute Gasteiger partial charge is 0.328 e.